The van der Waals surface area contributed by atoms with Crippen molar-refractivity contribution in [2.75, 3.05) is 5.75 Å². The van der Waals surface area contributed by atoms with Crippen LogP contribution in [0.15, 0.2) is 36.7 Å². The number of aromatic nitrogens is 2. The monoisotopic (exact) mass is 351 g/mol. The van der Waals surface area contributed by atoms with Crippen molar-refractivity contribution in [1.82, 2.24) is 14.5 Å². The summed E-state index contributed by atoms with van der Waals surface area (Å²) in [5.41, 5.74) is 1.50. The molecule has 1 unspecified atom stereocenters. The van der Waals surface area contributed by atoms with E-state index in [4.69, 9.17) is 0 Å². The molecule has 24 heavy (non-hydrogen) atoms. The van der Waals surface area contributed by atoms with Gasteiger partial charge in [0.05, 0.1) is 17.6 Å². The maximum absolute atomic E-state index is 13.0. The summed E-state index contributed by atoms with van der Waals surface area (Å²) in [5, 5.41) is 4.23. The smallest absolute Gasteiger partial charge is 0.212 e. The molecule has 1 aromatic heterocycles. The lowest BCUT2D eigenvalue weighted by Gasteiger charge is -2.15. The number of halogens is 1. The van der Waals surface area contributed by atoms with Crippen LogP contribution in [0.3, 0.4) is 0 Å². The summed E-state index contributed by atoms with van der Waals surface area (Å²) in [4.78, 5) is 0. The highest BCUT2D eigenvalue weighted by Gasteiger charge is 2.24. The molecular weight excluding hydrogens is 329 g/mol. The summed E-state index contributed by atoms with van der Waals surface area (Å²) in [6.45, 7) is 1.80. The lowest BCUT2D eigenvalue weighted by atomic mass is 10.1. The Morgan fingerprint density at radius 2 is 1.96 bits per heavy atom. The molecule has 1 atom stereocenters. The van der Waals surface area contributed by atoms with E-state index in [0.29, 0.717) is 0 Å². The average Bonchev–Trinajstić information content (AvgIpc) is 3.18. The van der Waals surface area contributed by atoms with Crippen LogP contribution in [0.2, 0.25) is 0 Å². The molecule has 1 aliphatic rings. The Kier molecular flexibility index (Phi) is 5.01. The molecule has 3 rings (SSSR count). The van der Waals surface area contributed by atoms with Crippen LogP contribution in [0.4, 0.5) is 4.39 Å². The van der Waals surface area contributed by atoms with Gasteiger partial charge >= 0.3 is 0 Å². The molecule has 0 radical (unpaired) electrons. The van der Waals surface area contributed by atoms with E-state index in [1.54, 1.807) is 36.1 Å². The summed E-state index contributed by atoms with van der Waals surface area (Å²) in [7, 11) is -3.31. The number of nitrogens with zero attached hydrogens (tertiary/aromatic N) is 2. The zero-order valence-corrected chi connectivity index (χ0v) is 14.5. The lowest BCUT2D eigenvalue weighted by molar-refractivity contribution is 0.537. The Balaban J connectivity index is 1.66. The molecule has 1 aliphatic carbocycles. The zero-order chi connectivity index (χ0) is 17.2. The van der Waals surface area contributed by atoms with Crippen molar-refractivity contribution in [3.63, 3.8) is 0 Å². The summed E-state index contributed by atoms with van der Waals surface area (Å²) >= 11 is 0. The van der Waals surface area contributed by atoms with Crippen molar-refractivity contribution >= 4 is 10.0 Å². The van der Waals surface area contributed by atoms with E-state index >= 15 is 0 Å². The number of nitrogens with one attached hydrogen (secondary N) is 1. The average molecular weight is 351 g/mol. The number of sulfonamides is 1. The minimum absolute atomic E-state index is 0.198. The molecule has 1 fully saturated rings. The molecule has 5 nitrogen and oxygen atoms in total. The molecule has 7 heteroatoms. The molecule has 1 saturated carbocycles. The fraction of sp³-hybridized carbons (Fsp3) is 0.471. The predicted octanol–water partition coefficient (Wildman–Crippen LogP) is 3.18. The van der Waals surface area contributed by atoms with E-state index < -0.39 is 10.0 Å². The van der Waals surface area contributed by atoms with E-state index in [2.05, 4.69) is 9.82 Å². The van der Waals surface area contributed by atoms with E-state index in [-0.39, 0.29) is 23.5 Å². The molecule has 0 saturated heterocycles. The molecule has 0 bridgehead atoms. The first-order valence-electron chi connectivity index (χ1n) is 8.23. The maximum Gasteiger partial charge on any atom is 0.212 e. The van der Waals surface area contributed by atoms with Gasteiger partial charge in [0, 0.05) is 17.8 Å². The maximum atomic E-state index is 13.0. The summed E-state index contributed by atoms with van der Waals surface area (Å²) in [6.07, 6.45) is 7.64. The second kappa shape index (κ2) is 7.03. The van der Waals surface area contributed by atoms with Gasteiger partial charge in [0.25, 0.3) is 0 Å². The van der Waals surface area contributed by atoms with Crippen molar-refractivity contribution < 1.29 is 12.8 Å². The van der Waals surface area contributed by atoms with Crippen molar-refractivity contribution in [3.8, 4) is 5.69 Å². The second-order valence-corrected chi connectivity index (χ2v) is 8.26. The largest absolute Gasteiger partial charge is 0.241 e. The van der Waals surface area contributed by atoms with Gasteiger partial charge in [0.2, 0.25) is 10.0 Å². The van der Waals surface area contributed by atoms with Gasteiger partial charge in [-0.2, -0.15) is 5.10 Å². The fourth-order valence-electron chi connectivity index (χ4n) is 3.17. The van der Waals surface area contributed by atoms with Gasteiger partial charge in [0.15, 0.2) is 0 Å². The van der Waals surface area contributed by atoms with Gasteiger partial charge in [-0.1, -0.05) is 12.8 Å². The molecule has 0 amide bonds. The summed E-state index contributed by atoms with van der Waals surface area (Å²) < 4.78 is 41.9. The number of hydrogen-bond donors (Lipinski definition) is 1. The minimum Gasteiger partial charge on any atom is -0.241 e. The predicted molar refractivity (Wildman–Crippen MR) is 90.8 cm³/mol. The van der Waals surface area contributed by atoms with Crippen LogP contribution in [-0.4, -0.2) is 24.0 Å². The van der Waals surface area contributed by atoms with Crippen molar-refractivity contribution in [3.05, 3.63) is 48.0 Å². The highest BCUT2D eigenvalue weighted by molar-refractivity contribution is 7.89. The molecule has 1 heterocycles. The van der Waals surface area contributed by atoms with E-state index in [1.807, 2.05) is 0 Å². The highest BCUT2D eigenvalue weighted by atomic mass is 32.2. The quantitative estimate of drug-likeness (QED) is 0.869. The number of hydrogen-bond acceptors (Lipinski definition) is 3. The molecule has 0 aliphatic heterocycles. The first-order valence-corrected chi connectivity index (χ1v) is 9.89. The lowest BCUT2D eigenvalue weighted by Crippen LogP contribution is -2.31. The van der Waals surface area contributed by atoms with E-state index in [1.165, 1.54) is 12.1 Å². The third-order valence-electron chi connectivity index (χ3n) is 4.48. The Hall–Kier alpha value is -1.73. The Bertz CT molecular complexity index is 780. The van der Waals surface area contributed by atoms with Gasteiger partial charge in [-0.15, -0.1) is 0 Å². The Morgan fingerprint density at radius 1 is 1.29 bits per heavy atom. The topological polar surface area (TPSA) is 64.0 Å². The van der Waals surface area contributed by atoms with Crippen LogP contribution < -0.4 is 4.72 Å². The van der Waals surface area contributed by atoms with Crippen LogP contribution in [0, 0.1) is 11.7 Å². The van der Waals surface area contributed by atoms with Gasteiger partial charge in [-0.05, 0) is 49.9 Å². The van der Waals surface area contributed by atoms with Crippen molar-refractivity contribution in [1.29, 1.82) is 0 Å². The summed E-state index contributed by atoms with van der Waals surface area (Å²) in [5.74, 6) is 0.166. The van der Waals surface area contributed by atoms with Crippen LogP contribution >= 0.6 is 0 Å². The van der Waals surface area contributed by atoms with Crippen LogP contribution in [-0.2, 0) is 10.0 Å². The number of benzene rings is 1. The van der Waals surface area contributed by atoms with E-state index in [0.717, 1.165) is 36.9 Å². The zero-order valence-electron chi connectivity index (χ0n) is 13.7. The van der Waals surface area contributed by atoms with Gasteiger partial charge in [-0.3, -0.25) is 0 Å². The van der Waals surface area contributed by atoms with Crippen LogP contribution in [0.25, 0.3) is 5.69 Å². The van der Waals surface area contributed by atoms with Crippen LogP contribution in [0.1, 0.15) is 44.2 Å². The van der Waals surface area contributed by atoms with Crippen LogP contribution in [0.5, 0.6) is 0 Å². The van der Waals surface area contributed by atoms with Crippen molar-refractivity contribution in [2.24, 2.45) is 5.92 Å². The van der Waals surface area contributed by atoms with Gasteiger partial charge in [-0.25, -0.2) is 22.2 Å². The third-order valence-corrected chi connectivity index (χ3v) is 6.10. The Morgan fingerprint density at radius 3 is 2.62 bits per heavy atom. The molecule has 1 aromatic carbocycles. The fourth-order valence-corrected chi connectivity index (χ4v) is 4.89. The molecule has 2 aromatic rings. The third kappa shape index (κ3) is 4.21. The van der Waals surface area contributed by atoms with Gasteiger partial charge in [0.1, 0.15) is 5.82 Å². The molecule has 0 spiro atoms. The first kappa shape index (κ1) is 17.1. The highest BCUT2D eigenvalue weighted by Crippen LogP contribution is 2.26. The summed E-state index contributed by atoms with van der Waals surface area (Å²) in [6, 6.07) is 5.63. The molecule has 1 N–H and O–H groups in total. The number of rotatable bonds is 6. The van der Waals surface area contributed by atoms with E-state index in [9.17, 15) is 12.8 Å². The second-order valence-electron chi connectivity index (χ2n) is 6.47. The Labute approximate surface area is 141 Å². The standard InChI is InChI=1S/C17H22FN3O2S/c1-13(20-24(22,23)12-14-4-2-3-5-14)15-10-19-21(11-15)17-8-6-16(18)7-9-17/h6-11,13-14,20H,2-5,12H2,1H3. The SMILES string of the molecule is CC(NS(=O)(=O)CC1CCCC1)c1cnn(-c2ccc(F)cc2)c1. The van der Waals surface area contributed by atoms with Crippen molar-refractivity contribution in [2.45, 2.75) is 38.6 Å². The first-order chi connectivity index (χ1) is 11.4. The van der Waals surface area contributed by atoms with Gasteiger partial charge < -0.3 is 0 Å². The molecule has 130 valence electrons. The molecular formula is C17H22FN3O2S. The normalized spacial score (nSPS) is 17.2. The minimum atomic E-state index is -3.31.